The van der Waals surface area contributed by atoms with Crippen LogP contribution in [0.3, 0.4) is 0 Å². The number of ketones is 1. The molecule has 0 spiro atoms. The highest BCUT2D eigenvalue weighted by atomic mass is 16.5. The molecule has 2 heterocycles. The summed E-state index contributed by atoms with van der Waals surface area (Å²) in [6.07, 6.45) is 2.39. The quantitative estimate of drug-likeness (QED) is 0.358. The summed E-state index contributed by atoms with van der Waals surface area (Å²) in [5.74, 6) is 1.01. The first kappa shape index (κ1) is 27.8. The van der Waals surface area contributed by atoms with E-state index >= 15 is 0 Å². The number of carbonyl (C=O) groups excluding carboxylic acids is 1. The topological polar surface area (TPSA) is 134 Å². The Morgan fingerprint density at radius 3 is 2.37 bits per heavy atom. The second-order valence-corrected chi connectivity index (χ2v) is 10.2. The highest BCUT2D eigenvalue weighted by Crippen LogP contribution is 2.46. The number of rotatable bonds is 7. The number of carbonyl (C=O) groups is 1. The summed E-state index contributed by atoms with van der Waals surface area (Å²) in [6.45, 7) is 4.09. The van der Waals surface area contributed by atoms with Crippen molar-refractivity contribution in [1.82, 2.24) is 0 Å². The van der Waals surface area contributed by atoms with Gasteiger partial charge in [0.25, 0.3) is 0 Å². The summed E-state index contributed by atoms with van der Waals surface area (Å²) in [5.41, 5.74) is 9.12. The van der Waals surface area contributed by atoms with Crippen molar-refractivity contribution < 1.29 is 28.2 Å². The van der Waals surface area contributed by atoms with Gasteiger partial charge in [0.1, 0.15) is 23.0 Å². The van der Waals surface area contributed by atoms with Crippen LogP contribution in [0.4, 0.5) is 0 Å². The molecule has 0 radical (unpaired) electrons. The number of methoxy groups -OCH3 is 3. The fourth-order valence-corrected chi connectivity index (χ4v) is 5.67. The summed E-state index contributed by atoms with van der Waals surface area (Å²) >= 11 is 0. The Bertz CT molecular complexity index is 1700. The van der Waals surface area contributed by atoms with Gasteiger partial charge in [-0.05, 0) is 59.7 Å². The largest absolute Gasteiger partial charge is 0.493 e. The highest BCUT2D eigenvalue weighted by molar-refractivity contribution is 6.00. The van der Waals surface area contributed by atoms with E-state index in [0.717, 1.165) is 12.0 Å². The number of ether oxygens (including phenoxy) is 4. The minimum absolute atomic E-state index is 0.00819. The maximum absolute atomic E-state index is 13.4. The Hall–Kier alpha value is -4.71. The van der Waals surface area contributed by atoms with E-state index in [4.69, 9.17) is 29.1 Å². The van der Waals surface area contributed by atoms with Crippen LogP contribution in [-0.4, -0.2) is 27.1 Å². The van der Waals surface area contributed by atoms with Crippen molar-refractivity contribution in [3.05, 3.63) is 74.7 Å². The zero-order valence-electron chi connectivity index (χ0n) is 23.8. The van der Waals surface area contributed by atoms with Gasteiger partial charge in [0.05, 0.1) is 32.8 Å². The number of nitrogens with zero attached hydrogens (tertiary/aromatic N) is 1. The fourth-order valence-electron chi connectivity index (χ4n) is 5.67. The first-order valence-electron chi connectivity index (χ1n) is 13.5. The summed E-state index contributed by atoms with van der Waals surface area (Å²) in [6, 6.07) is 11.1. The molecule has 2 unspecified atom stereocenters. The number of hydrogen-bond acceptors (Lipinski definition) is 9. The molecule has 1 aliphatic carbocycles. The van der Waals surface area contributed by atoms with Crippen LogP contribution in [-0.2, 0) is 9.53 Å². The predicted octanol–water partition coefficient (Wildman–Crippen LogP) is 5.81. The zero-order valence-corrected chi connectivity index (χ0v) is 23.8. The standard InChI is InChI=1S/C32H32N2O7/c1-6-16(2)20-11-18(27-22(15-33)31(34)40-24-9-7-8-23(35)28(24)27)10-19-12-21(32(36)41-29(19)20)17-13-25(37-3)30(39-5)26(14-17)38-4/h10-14,16,27H,6-9,34H2,1-5H3. The number of allylic oxidation sites excluding steroid dienone is 3. The lowest BCUT2D eigenvalue weighted by atomic mass is 9.76. The van der Waals surface area contributed by atoms with Crippen molar-refractivity contribution in [2.24, 2.45) is 5.73 Å². The summed E-state index contributed by atoms with van der Waals surface area (Å²) in [7, 11) is 4.52. The van der Waals surface area contributed by atoms with Crippen LogP contribution in [0.1, 0.15) is 62.5 Å². The number of nitrogens with two attached hydrogens (primary N) is 1. The summed E-state index contributed by atoms with van der Waals surface area (Å²) in [4.78, 5) is 26.6. The van der Waals surface area contributed by atoms with Gasteiger partial charge in [-0.1, -0.05) is 19.9 Å². The number of benzene rings is 2. The molecular formula is C32H32N2O7. The minimum atomic E-state index is -0.680. The van der Waals surface area contributed by atoms with E-state index in [-0.39, 0.29) is 23.2 Å². The van der Waals surface area contributed by atoms with E-state index in [1.807, 2.05) is 26.0 Å². The number of Topliss-reactive ketones (excluding diaryl/α,β-unsaturated/α-hetero) is 1. The monoisotopic (exact) mass is 556 g/mol. The van der Waals surface area contributed by atoms with Crippen LogP contribution in [0.2, 0.25) is 0 Å². The average molecular weight is 557 g/mol. The molecule has 0 saturated carbocycles. The van der Waals surface area contributed by atoms with Crippen LogP contribution in [0, 0.1) is 11.3 Å². The molecule has 212 valence electrons. The van der Waals surface area contributed by atoms with Crippen molar-refractivity contribution >= 4 is 16.8 Å². The van der Waals surface area contributed by atoms with Gasteiger partial charge in [0.15, 0.2) is 17.3 Å². The molecule has 9 nitrogen and oxygen atoms in total. The SMILES string of the molecule is CCC(C)c1cc(C2C(C#N)=C(N)OC3=C2C(=O)CCC3)cc2cc(-c3cc(OC)c(OC)c(OC)c3)c(=O)oc12. The summed E-state index contributed by atoms with van der Waals surface area (Å²) in [5, 5.41) is 10.7. The Kier molecular flexibility index (Phi) is 7.50. The van der Waals surface area contributed by atoms with Gasteiger partial charge in [-0.3, -0.25) is 4.79 Å². The van der Waals surface area contributed by atoms with Gasteiger partial charge in [-0.25, -0.2) is 4.79 Å². The number of nitriles is 1. The van der Waals surface area contributed by atoms with Gasteiger partial charge in [-0.15, -0.1) is 0 Å². The second kappa shape index (κ2) is 11.0. The van der Waals surface area contributed by atoms with Gasteiger partial charge in [-0.2, -0.15) is 5.26 Å². The Labute approximate surface area is 237 Å². The van der Waals surface area contributed by atoms with Gasteiger partial charge < -0.3 is 29.1 Å². The van der Waals surface area contributed by atoms with E-state index in [2.05, 4.69) is 6.07 Å². The minimum Gasteiger partial charge on any atom is -0.493 e. The molecule has 2 aromatic carbocycles. The van der Waals surface area contributed by atoms with E-state index in [0.29, 0.717) is 75.5 Å². The molecule has 9 heteroatoms. The number of fused-ring (bicyclic) bond motifs is 1. The maximum Gasteiger partial charge on any atom is 0.344 e. The average Bonchev–Trinajstić information content (AvgIpc) is 2.98. The highest BCUT2D eigenvalue weighted by Gasteiger charge is 2.38. The molecule has 2 aliphatic rings. The fraction of sp³-hybridized carbons (Fsp3) is 0.344. The smallest absolute Gasteiger partial charge is 0.344 e. The summed E-state index contributed by atoms with van der Waals surface area (Å²) < 4.78 is 28.2. The molecule has 1 aliphatic heterocycles. The molecule has 2 N–H and O–H groups in total. The second-order valence-electron chi connectivity index (χ2n) is 10.2. The van der Waals surface area contributed by atoms with Crippen LogP contribution in [0.15, 0.2) is 62.3 Å². The van der Waals surface area contributed by atoms with Crippen LogP contribution in [0.25, 0.3) is 22.1 Å². The van der Waals surface area contributed by atoms with Crippen LogP contribution in [0.5, 0.6) is 17.2 Å². The van der Waals surface area contributed by atoms with E-state index in [1.165, 1.54) is 21.3 Å². The molecule has 0 fully saturated rings. The third kappa shape index (κ3) is 4.69. The molecule has 0 bridgehead atoms. The third-order valence-corrected chi connectivity index (χ3v) is 7.94. The first-order valence-corrected chi connectivity index (χ1v) is 13.5. The van der Waals surface area contributed by atoms with Crippen LogP contribution < -0.4 is 25.6 Å². The zero-order chi connectivity index (χ0) is 29.4. The molecule has 0 amide bonds. The molecule has 2 atom stereocenters. The van der Waals surface area contributed by atoms with Crippen molar-refractivity contribution in [3.63, 3.8) is 0 Å². The third-order valence-electron chi connectivity index (χ3n) is 7.94. The molecule has 0 saturated heterocycles. The van der Waals surface area contributed by atoms with Crippen LogP contribution >= 0.6 is 0 Å². The lowest BCUT2D eigenvalue weighted by Gasteiger charge is -2.31. The van der Waals surface area contributed by atoms with Crippen molar-refractivity contribution in [2.75, 3.05) is 21.3 Å². The maximum atomic E-state index is 13.4. The van der Waals surface area contributed by atoms with Crippen molar-refractivity contribution in [1.29, 1.82) is 5.26 Å². The van der Waals surface area contributed by atoms with Gasteiger partial charge in [0.2, 0.25) is 11.6 Å². The Balaban J connectivity index is 1.79. The first-order chi connectivity index (χ1) is 19.8. The number of hydrogen-bond donors (Lipinski definition) is 1. The van der Waals surface area contributed by atoms with E-state index < -0.39 is 11.5 Å². The Morgan fingerprint density at radius 1 is 1.05 bits per heavy atom. The molecule has 3 aromatic rings. The van der Waals surface area contributed by atoms with E-state index in [1.54, 1.807) is 18.2 Å². The normalized spacial score (nSPS) is 17.6. The molecule has 1 aromatic heterocycles. The lowest BCUT2D eigenvalue weighted by molar-refractivity contribution is -0.116. The predicted molar refractivity (Wildman–Crippen MR) is 153 cm³/mol. The van der Waals surface area contributed by atoms with Crippen molar-refractivity contribution in [2.45, 2.75) is 51.4 Å². The van der Waals surface area contributed by atoms with E-state index in [9.17, 15) is 14.9 Å². The van der Waals surface area contributed by atoms with Crippen molar-refractivity contribution in [3.8, 4) is 34.4 Å². The van der Waals surface area contributed by atoms with Gasteiger partial charge in [0, 0.05) is 23.8 Å². The lowest BCUT2D eigenvalue weighted by Crippen LogP contribution is -2.27. The molecular weight excluding hydrogens is 524 g/mol. The van der Waals surface area contributed by atoms with Gasteiger partial charge >= 0.3 is 5.63 Å². The Morgan fingerprint density at radius 2 is 1.76 bits per heavy atom. The molecule has 41 heavy (non-hydrogen) atoms. The molecule has 5 rings (SSSR count).